The van der Waals surface area contributed by atoms with Crippen molar-refractivity contribution in [1.29, 1.82) is 0 Å². The standard InChI is InChI=1S/C14H18N2O5/c1-4-21-13(17)8-6-10-5-7-12(16(19)20)11(9-10)14(18)15(2)3/h5,7,9H,4,6,8H2,1-3H3. The van der Waals surface area contributed by atoms with E-state index >= 15 is 0 Å². The molecule has 0 unspecified atom stereocenters. The van der Waals surface area contributed by atoms with Crippen LogP contribution in [0, 0.1) is 10.1 Å². The van der Waals surface area contributed by atoms with E-state index in [0.29, 0.717) is 18.6 Å². The predicted octanol–water partition coefficient (Wildman–Crippen LogP) is 1.79. The minimum Gasteiger partial charge on any atom is -0.466 e. The molecule has 114 valence electrons. The highest BCUT2D eigenvalue weighted by Crippen LogP contribution is 2.22. The van der Waals surface area contributed by atoms with Crippen LogP contribution in [-0.4, -0.2) is 42.4 Å². The summed E-state index contributed by atoms with van der Waals surface area (Å²) in [6.07, 6.45) is 0.534. The first kappa shape index (κ1) is 16.6. The van der Waals surface area contributed by atoms with E-state index in [0.717, 1.165) is 0 Å². The number of hydrogen-bond acceptors (Lipinski definition) is 5. The van der Waals surface area contributed by atoms with E-state index in [-0.39, 0.29) is 23.6 Å². The highest BCUT2D eigenvalue weighted by molar-refractivity contribution is 5.98. The number of carbonyl (C=O) groups excluding carboxylic acids is 2. The highest BCUT2D eigenvalue weighted by atomic mass is 16.6. The van der Waals surface area contributed by atoms with Gasteiger partial charge in [0.05, 0.1) is 11.5 Å². The van der Waals surface area contributed by atoms with Crippen molar-refractivity contribution in [3.05, 3.63) is 39.4 Å². The van der Waals surface area contributed by atoms with Crippen LogP contribution in [0.15, 0.2) is 18.2 Å². The Balaban J connectivity index is 2.99. The van der Waals surface area contributed by atoms with E-state index in [1.807, 2.05) is 0 Å². The molecule has 0 atom stereocenters. The Labute approximate surface area is 122 Å². The molecule has 1 amide bonds. The van der Waals surface area contributed by atoms with Crippen LogP contribution in [0.5, 0.6) is 0 Å². The van der Waals surface area contributed by atoms with Crippen molar-refractivity contribution in [3.8, 4) is 0 Å². The van der Waals surface area contributed by atoms with Crippen LogP contribution in [0.3, 0.4) is 0 Å². The number of hydrogen-bond donors (Lipinski definition) is 0. The predicted molar refractivity (Wildman–Crippen MR) is 76.1 cm³/mol. The van der Waals surface area contributed by atoms with Crippen LogP contribution in [0.4, 0.5) is 5.69 Å². The SMILES string of the molecule is CCOC(=O)CCc1ccc([N+](=O)[O-])c(C(=O)N(C)C)c1. The number of esters is 1. The zero-order chi connectivity index (χ0) is 16.0. The van der Waals surface area contributed by atoms with Crippen molar-refractivity contribution in [1.82, 2.24) is 4.90 Å². The average Bonchev–Trinajstić information content (AvgIpc) is 2.44. The van der Waals surface area contributed by atoms with Gasteiger partial charge in [-0.2, -0.15) is 0 Å². The van der Waals surface area contributed by atoms with Crippen molar-refractivity contribution < 1.29 is 19.2 Å². The molecule has 21 heavy (non-hydrogen) atoms. The van der Waals surface area contributed by atoms with Gasteiger partial charge in [0, 0.05) is 26.6 Å². The van der Waals surface area contributed by atoms with E-state index < -0.39 is 10.8 Å². The van der Waals surface area contributed by atoms with Crippen LogP contribution >= 0.6 is 0 Å². The molecule has 0 spiro atoms. The number of benzene rings is 1. The van der Waals surface area contributed by atoms with Gasteiger partial charge in [-0.25, -0.2) is 0 Å². The zero-order valence-electron chi connectivity index (χ0n) is 12.3. The number of amides is 1. The second kappa shape index (κ2) is 7.37. The lowest BCUT2D eigenvalue weighted by atomic mass is 10.0. The maximum absolute atomic E-state index is 12.0. The van der Waals surface area contributed by atoms with Crippen molar-refractivity contribution in [2.45, 2.75) is 19.8 Å². The quantitative estimate of drug-likeness (QED) is 0.453. The topological polar surface area (TPSA) is 89.7 Å². The van der Waals surface area contributed by atoms with Gasteiger partial charge in [-0.3, -0.25) is 19.7 Å². The van der Waals surface area contributed by atoms with Gasteiger partial charge in [0.1, 0.15) is 5.56 Å². The molecule has 0 saturated carbocycles. The highest BCUT2D eigenvalue weighted by Gasteiger charge is 2.22. The van der Waals surface area contributed by atoms with Gasteiger partial charge >= 0.3 is 5.97 Å². The molecular formula is C14H18N2O5. The lowest BCUT2D eigenvalue weighted by Gasteiger charge is -2.11. The summed E-state index contributed by atoms with van der Waals surface area (Å²) in [5, 5.41) is 11.0. The molecule has 0 aliphatic heterocycles. The Kier molecular flexibility index (Phi) is 5.83. The fourth-order valence-electron chi connectivity index (χ4n) is 1.79. The van der Waals surface area contributed by atoms with Crippen LogP contribution in [0.2, 0.25) is 0 Å². The van der Waals surface area contributed by atoms with E-state index in [4.69, 9.17) is 4.74 Å². The molecule has 0 aliphatic rings. The number of rotatable bonds is 6. The first-order valence-corrected chi connectivity index (χ1v) is 6.51. The van der Waals surface area contributed by atoms with Gasteiger partial charge in [-0.1, -0.05) is 6.07 Å². The van der Waals surface area contributed by atoms with Crippen molar-refractivity contribution in [2.75, 3.05) is 20.7 Å². The molecule has 0 aromatic heterocycles. The van der Waals surface area contributed by atoms with E-state index in [9.17, 15) is 19.7 Å². The first-order valence-electron chi connectivity index (χ1n) is 6.51. The van der Waals surface area contributed by atoms with Crippen molar-refractivity contribution in [2.24, 2.45) is 0 Å². The molecule has 0 fully saturated rings. The smallest absolute Gasteiger partial charge is 0.306 e. The van der Waals surface area contributed by atoms with Crippen molar-refractivity contribution >= 4 is 17.6 Å². The van der Waals surface area contributed by atoms with E-state index in [1.54, 1.807) is 13.0 Å². The molecule has 7 heteroatoms. The minimum atomic E-state index is -0.591. The molecule has 7 nitrogen and oxygen atoms in total. The molecule has 1 rings (SSSR count). The Morgan fingerprint density at radius 1 is 1.33 bits per heavy atom. The fourth-order valence-corrected chi connectivity index (χ4v) is 1.79. The van der Waals surface area contributed by atoms with Crippen LogP contribution in [-0.2, 0) is 16.0 Å². The van der Waals surface area contributed by atoms with E-state index in [2.05, 4.69) is 0 Å². The largest absolute Gasteiger partial charge is 0.466 e. The molecular weight excluding hydrogens is 276 g/mol. The second-order valence-corrected chi connectivity index (χ2v) is 4.61. The normalized spacial score (nSPS) is 10.0. The van der Waals surface area contributed by atoms with E-state index in [1.165, 1.54) is 31.1 Å². The fraction of sp³-hybridized carbons (Fsp3) is 0.429. The average molecular weight is 294 g/mol. The molecule has 1 aromatic rings. The number of nitro groups is 1. The molecule has 0 radical (unpaired) electrons. The van der Waals surface area contributed by atoms with Gasteiger partial charge in [0.2, 0.25) is 0 Å². The first-order chi connectivity index (χ1) is 9.86. The zero-order valence-corrected chi connectivity index (χ0v) is 12.3. The lowest BCUT2D eigenvalue weighted by molar-refractivity contribution is -0.385. The number of aryl methyl sites for hydroxylation is 1. The summed E-state index contributed by atoms with van der Waals surface area (Å²) in [5.41, 5.74) is 0.457. The molecule has 0 bridgehead atoms. The van der Waals surface area contributed by atoms with Gasteiger partial charge in [0.25, 0.3) is 11.6 Å². The molecule has 0 saturated heterocycles. The molecule has 0 heterocycles. The summed E-state index contributed by atoms with van der Waals surface area (Å²) >= 11 is 0. The van der Waals surface area contributed by atoms with Crippen LogP contribution in [0.1, 0.15) is 29.3 Å². The third-order valence-electron chi connectivity index (χ3n) is 2.82. The van der Waals surface area contributed by atoms with Crippen molar-refractivity contribution in [3.63, 3.8) is 0 Å². The number of nitro benzene ring substituents is 1. The molecule has 0 aliphatic carbocycles. The Morgan fingerprint density at radius 3 is 2.52 bits per heavy atom. The Bertz CT molecular complexity index is 554. The van der Waals surface area contributed by atoms with Crippen LogP contribution < -0.4 is 0 Å². The van der Waals surface area contributed by atoms with Gasteiger partial charge in [-0.15, -0.1) is 0 Å². The Morgan fingerprint density at radius 2 is 2.00 bits per heavy atom. The number of nitrogens with zero attached hydrogens (tertiary/aromatic N) is 2. The van der Waals surface area contributed by atoms with Gasteiger partial charge in [-0.05, 0) is 25.0 Å². The molecule has 1 aromatic carbocycles. The third-order valence-corrected chi connectivity index (χ3v) is 2.82. The maximum atomic E-state index is 12.0. The molecule has 0 N–H and O–H groups in total. The summed E-state index contributed by atoms with van der Waals surface area (Å²) < 4.78 is 4.82. The summed E-state index contributed by atoms with van der Waals surface area (Å²) in [6.45, 7) is 2.03. The maximum Gasteiger partial charge on any atom is 0.306 e. The summed E-state index contributed by atoms with van der Waals surface area (Å²) in [5.74, 6) is -0.781. The summed E-state index contributed by atoms with van der Waals surface area (Å²) in [7, 11) is 3.05. The number of ether oxygens (including phenoxy) is 1. The summed E-state index contributed by atoms with van der Waals surface area (Å²) in [4.78, 5) is 35.0. The van der Waals surface area contributed by atoms with Gasteiger partial charge < -0.3 is 9.64 Å². The van der Waals surface area contributed by atoms with Gasteiger partial charge in [0.15, 0.2) is 0 Å². The number of carbonyl (C=O) groups is 2. The monoisotopic (exact) mass is 294 g/mol. The van der Waals surface area contributed by atoms with Crippen LogP contribution in [0.25, 0.3) is 0 Å². The Hall–Kier alpha value is -2.44. The third kappa shape index (κ3) is 4.55. The second-order valence-electron chi connectivity index (χ2n) is 4.61. The minimum absolute atomic E-state index is 0.0198. The summed E-state index contributed by atoms with van der Waals surface area (Å²) in [6, 6.07) is 4.29. The lowest BCUT2D eigenvalue weighted by Crippen LogP contribution is -2.23.